The van der Waals surface area contributed by atoms with E-state index in [4.69, 9.17) is 28.9 Å². The molecule has 14 heteroatoms. The van der Waals surface area contributed by atoms with Crippen LogP contribution in [0.25, 0.3) is 5.76 Å². The molecule has 0 heterocycles. The standard InChI is InChI=1S/C25H28Cl2N4O8/c1-30(2)17-9-5-8-6-10-18(31(3)4)21(35)14(24(28)38)23(37)25(10,39)22(36)12(8)19(33)13(9)20(34)16(15(17)27)29-11(32)7-26/h8,10,18,33-34,37,39H,5-7H2,1-4H3,(H2,28,38)(H,29,32)/t8?,10?,18-,25-/m1/s1. The van der Waals surface area contributed by atoms with Gasteiger partial charge in [0.25, 0.3) is 5.91 Å². The number of nitrogens with zero attached hydrogens (tertiary/aromatic N) is 2. The molecule has 4 atom stereocenters. The second-order valence-electron chi connectivity index (χ2n) is 10.3. The van der Waals surface area contributed by atoms with Crippen molar-refractivity contribution in [3.05, 3.63) is 33.1 Å². The van der Waals surface area contributed by atoms with Crippen LogP contribution in [0.15, 0.2) is 16.9 Å². The molecule has 12 nitrogen and oxygen atoms in total. The molecule has 1 aromatic carbocycles. The van der Waals surface area contributed by atoms with Crippen molar-refractivity contribution in [3.63, 3.8) is 0 Å². The predicted molar refractivity (Wildman–Crippen MR) is 143 cm³/mol. The van der Waals surface area contributed by atoms with Crippen molar-refractivity contribution < 1.29 is 39.6 Å². The SMILES string of the molecule is CN(C)c1c(Cl)c(NC(=O)CCl)c(O)c2c1CC1CC3[C@@H](N(C)C)C(=O)C(C(N)=O)=C(O)[C@]3(O)C(=O)C1=C2O. The van der Waals surface area contributed by atoms with Crippen LogP contribution in [0.5, 0.6) is 5.75 Å². The third-order valence-corrected chi connectivity index (χ3v) is 8.25. The van der Waals surface area contributed by atoms with Crippen molar-refractivity contribution in [2.24, 2.45) is 17.6 Å². The van der Waals surface area contributed by atoms with E-state index in [1.807, 2.05) is 0 Å². The van der Waals surface area contributed by atoms with Crippen LogP contribution in [-0.2, 0) is 25.6 Å². The number of ketones is 2. The number of nitrogens with one attached hydrogen (secondary N) is 1. The maximum Gasteiger partial charge on any atom is 0.255 e. The number of rotatable bonds is 5. The number of aliphatic hydroxyl groups is 3. The van der Waals surface area contributed by atoms with Crippen molar-refractivity contribution >= 4 is 63.7 Å². The van der Waals surface area contributed by atoms with Gasteiger partial charge in [0.15, 0.2) is 17.1 Å². The number of amides is 2. The summed E-state index contributed by atoms with van der Waals surface area (Å²) in [6.45, 7) is 0. The van der Waals surface area contributed by atoms with E-state index in [-0.39, 0.29) is 34.7 Å². The second kappa shape index (κ2) is 9.70. The number of phenolic OH excluding ortho intramolecular Hbond substituents is 1. The maximum absolute atomic E-state index is 13.9. The van der Waals surface area contributed by atoms with Crippen molar-refractivity contribution in [2.45, 2.75) is 24.5 Å². The van der Waals surface area contributed by atoms with Crippen LogP contribution in [0.3, 0.4) is 0 Å². The third kappa shape index (κ3) is 3.96. The molecule has 2 unspecified atom stereocenters. The first-order valence-corrected chi connectivity index (χ1v) is 12.8. The molecule has 0 saturated heterocycles. The van der Waals surface area contributed by atoms with Gasteiger partial charge in [0.05, 0.1) is 22.3 Å². The highest BCUT2D eigenvalue weighted by molar-refractivity contribution is 6.38. The van der Waals surface area contributed by atoms with Crippen LogP contribution < -0.4 is 16.0 Å². The average Bonchev–Trinajstić information content (AvgIpc) is 2.83. The van der Waals surface area contributed by atoms with Crippen LogP contribution >= 0.6 is 23.2 Å². The van der Waals surface area contributed by atoms with Gasteiger partial charge in [-0.3, -0.25) is 24.1 Å². The molecule has 1 fully saturated rings. The lowest BCUT2D eigenvalue weighted by Gasteiger charge is -2.50. The van der Waals surface area contributed by atoms with E-state index in [1.54, 1.807) is 19.0 Å². The summed E-state index contributed by atoms with van der Waals surface area (Å²) in [5, 5.41) is 47.5. The van der Waals surface area contributed by atoms with Crippen LogP contribution in [0.1, 0.15) is 17.5 Å². The summed E-state index contributed by atoms with van der Waals surface area (Å²) in [7, 11) is 6.35. The molecule has 7 N–H and O–H groups in total. The summed E-state index contributed by atoms with van der Waals surface area (Å²) in [6, 6.07) is -1.19. The molecule has 1 aromatic rings. The summed E-state index contributed by atoms with van der Waals surface area (Å²) < 4.78 is 0. The molecule has 0 aliphatic heterocycles. The maximum atomic E-state index is 13.9. The molecule has 0 spiro atoms. The van der Waals surface area contributed by atoms with Crippen LogP contribution in [-0.4, -0.2) is 94.4 Å². The lowest BCUT2D eigenvalue weighted by Crippen LogP contribution is -2.65. The Morgan fingerprint density at radius 1 is 1.15 bits per heavy atom. The highest BCUT2D eigenvalue weighted by atomic mass is 35.5. The molecule has 39 heavy (non-hydrogen) atoms. The fourth-order valence-corrected chi connectivity index (χ4v) is 6.57. The molecule has 3 aliphatic rings. The fraction of sp³-hybridized carbons (Fsp3) is 0.440. The van der Waals surface area contributed by atoms with Gasteiger partial charge in [-0.25, -0.2) is 0 Å². The number of alkyl halides is 1. The zero-order valence-electron chi connectivity index (χ0n) is 21.5. The monoisotopic (exact) mass is 582 g/mol. The van der Waals surface area contributed by atoms with Gasteiger partial charge in [-0.05, 0) is 38.4 Å². The molecule has 4 rings (SSSR count). The minimum atomic E-state index is -2.76. The number of halogens is 2. The summed E-state index contributed by atoms with van der Waals surface area (Å²) in [5.74, 6) is -8.94. The van der Waals surface area contributed by atoms with Crippen LogP contribution in [0.4, 0.5) is 11.4 Å². The number of hydrogen-bond donors (Lipinski definition) is 6. The third-order valence-electron chi connectivity index (χ3n) is 7.63. The number of aliphatic hydroxyl groups excluding tert-OH is 2. The first-order chi connectivity index (χ1) is 18.1. The molecule has 2 amide bonds. The van der Waals surface area contributed by atoms with Gasteiger partial charge in [0.2, 0.25) is 11.7 Å². The molecule has 210 valence electrons. The Hall–Kier alpha value is -3.32. The Kier molecular flexibility index (Phi) is 7.13. The number of carbonyl (C=O) groups is 4. The number of benzene rings is 1. The summed E-state index contributed by atoms with van der Waals surface area (Å²) >= 11 is 12.2. The van der Waals surface area contributed by atoms with Crippen molar-refractivity contribution in [1.29, 1.82) is 0 Å². The van der Waals surface area contributed by atoms with E-state index in [0.717, 1.165) is 0 Å². The molecule has 0 bridgehead atoms. The van der Waals surface area contributed by atoms with E-state index >= 15 is 0 Å². The van der Waals surface area contributed by atoms with Gasteiger partial charge in [-0.15, -0.1) is 11.6 Å². The molecule has 3 aliphatic carbocycles. The quantitative estimate of drug-likeness (QED) is 0.165. The number of Topliss-reactive ketones (excluding diaryl/α,β-unsaturated/α-hetero) is 2. The number of carbonyl (C=O) groups excluding carboxylic acids is 4. The van der Waals surface area contributed by atoms with E-state index in [0.29, 0.717) is 11.3 Å². The molecular formula is C25H28Cl2N4O8. The number of phenols is 1. The lowest BCUT2D eigenvalue weighted by atomic mass is 9.57. The zero-order chi connectivity index (χ0) is 29.3. The number of anilines is 2. The summed E-state index contributed by atoms with van der Waals surface area (Å²) in [5.41, 5.74) is 1.61. The number of likely N-dealkylation sites (N-methyl/N-ethyl adjacent to an activating group) is 1. The molecule has 0 radical (unpaired) electrons. The largest absolute Gasteiger partial charge is 0.508 e. The van der Waals surface area contributed by atoms with Crippen LogP contribution in [0.2, 0.25) is 5.02 Å². The second-order valence-corrected chi connectivity index (χ2v) is 10.9. The fourth-order valence-electron chi connectivity index (χ4n) is 6.08. The van der Waals surface area contributed by atoms with Gasteiger partial charge < -0.3 is 36.4 Å². The smallest absolute Gasteiger partial charge is 0.255 e. The molecule has 0 aromatic heterocycles. The highest BCUT2D eigenvalue weighted by Crippen LogP contribution is 2.56. The van der Waals surface area contributed by atoms with E-state index in [9.17, 15) is 39.6 Å². The van der Waals surface area contributed by atoms with Gasteiger partial charge in [-0.1, -0.05) is 11.6 Å². The Balaban J connectivity index is 2.02. The Labute approximate surface area is 233 Å². The predicted octanol–water partition coefficient (Wildman–Crippen LogP) is 0.861. The first kappa shape index (κ1) is 28.7. The topological polar surface area (TPSA) is 194 Å². The minimum absolute atomic E-state index is 0.0321. The minimum Gasteiger partial charge on any atom is -0.508 e. The zero-order valence-corrected chi connectivity index (χ0v) is 23.0. The lowest BCUT2D eigenvalue weighted by molar-refractivity contribution is -0.153. The Morgan fingerprint density at radius 2 is 1.77 bits per heavy atom. The van der Waals surface area contributed by atoms with Crippen LogP contribution in [0, 0.1) is 11.8 Å². The van der Waals surface area contributed by atoms with E-state index in [1.165, 1.54) is 19.0 Å². The van der Waals surface area contributed by atoms with Crippen molar-refractivity contribution in [1.82, 2.24) is 4.90 Å². The average molecular weight is 583 g/mol. The van der Waals surface area contributed by atoms with Crippen molar-refractivity contribution in [3.8, 4) is 5.75 Å². The van der Waals surface area contributed by atoms with Gasteiger partial charge >= 0.3 is 0 Å². The van der Waals surface area contributed by atoms with Gasteiger partial charge in [0, 0.05) is 25.6 Å². The highest BCUT2D eigenvalue weighted by Gasteiger charge is 2.64. The first-order valence-electron chi connectivity index (χ1n) is 11.9. The van der Waals surface area contributed by atoms with E-state index in [2.05, 4.69) is 5.32 Å². The summed E-state index contributed by atoms with van der Waals surface area (Å²) in [4.78, 5) is 54.3. The number of nitrogens with two attached hydrogens (primary N) is 1. The number of aromatic hydroxyl groups is 1. The van der Waals surface area contributed by atoms with Gasteiger partial charge in [0.1, 0.15) is 28.7 Å². The molecule has 1 saturated carbocycles. The molecular weight excluding hydrogens is 555 g/mol. The Morgan fingerprint density at radius 3 is 2.28 bits per heavy atom. The normalized spacial score (nSPS) is 26.3. The Bertz CT molecular complexity index is 1400. The number of hydrogen-bond acceptors (Lipinski definition) is 10. The van der Waals surface area contributed by atoms with E-state index < -0.39 is 75.6 Å². The van der Waals surface area contributed by atoms with Crippen molar-refractivity contribution in [2.75, 3.05) is 44.3 Å². The summed E-state index contributed by atoms with van der Waals surface area (Å²) in [6.07, 6.45) is -0.0270. The number of primary amides is 1. The van der Waals surface area contributed by atoms with Gasteiger partial charge in [-0.2, -0.15) is 0 Å². The number of fused-ring (bicyclic) bond motifs is 3.